The molecule has 3 rings (SSSR count). The van der Waals surface area contributed by atoms with Crippen molar-refractivity contribution >= 4 is 27.1 Å². The SMILES string of the molecule is Brc1cnc2nc(CCc3ccco3)[nH]c2c1. The second kappa shape index (κ2) is 4.33. The van der Waals surface area contributed by atoms with Gasteiger partial charge >= 0.3 is 0 Å². The maximum absolute atomic E-state index is 5.28. The zero-order chi connectivity index (χ0) is 11.7. The molecule has 3 aromatic rings. The summed E-state index contributed by atoms with van der Waals surface area (Å²) in [6.07, 6.45) is 5.10. The van der Waals surface area contributed by atoms with Crippen molar-refractivity contribution in [3.05, 3.63) is 46.7 Å². The summed E-state index contributed by atoms with van der Waals surface area (Å²) in [7, 11) is 0. The number of hydrogen-bond acceptors (Lipinski definition) is 3. The molecule has 0 amide bonds. The first-order chi connectivity index (χ1) is 8.31. The van der Waals surface area contributed by atoms with Crippen LogP contribution in [0.15, 0.2) is 39.5 Å². The van der Waals surface area contributed by atoms with Crippen LogP contribution in [-0.2, 0) is 12.8 Å². The van der Waals surface area contributed by atoms with E-state index >= 15 is 0 Å². The number of aromatic nitrogens is 3. The van der Waals surface area contributed by atoms with Crippen molar-refractivity contribution in [2.45, 2.75) is 12.8 Å². The van der Waals surface area contributed by atoms with E-state index in [1.165, 1.54) is 0 Å². The molecule has 17 heavy (non-hydrogen) atoms. The average molecular weight is 292 g/mol. The Morgan fingerprint density at radius 3 is 3.12 bits per heavy atom. The van der Waals surface area contributed by atoms with Crippen LogP contribution in [0.25, 0.3) is 11.2 Å². The second-order valence-corrected chi connectivity index (χ2v) is 4.70. The summed E-state index contributed by atoms with van der Waals surface area (Å²) in [6.45, 7) is 0. The highest BCUT2D eigenvalue weighted by molar-refractivity contribution is 9.10. The summed E-state index contributed by atoms with van der Waals surface area (Å²) >= 11 is 3.39. The van der Waals surface area contributed by atoms with E-state index in [9.17, 15) is 0 Å². The van der Waals surface area contributed by atoms with Crippen molar-refractivity contribution in [1.82, 2.24) is 15.0 Å². The number of rotatable bonds is 3. The van der Waals surface area contributed by atoms with Crippen molar-refractivity contribution < 1.29 is 4.42 Å². The molecule has 0 saturated carbocycles. The largest absolute Gasteiger partial charge is 0.469 e. The summed E-state index contributed by atoms with van der Waals surface area (Å²) < 4.78 is 6.23. The Labute approximate surface area is 106 Å². The number of imidazole rings is 1. The zero-order valence-electron chi connectivity index (χ0n) is 8.98. The molecule has 3 aromatic heterocycles. The fourth-order valence-electron chi connectivity index (χ4n) is 1.74. The highest BCUT2D eigenvalue weighted by atomic mass is 79.9. The number of nitrogens with one attached hydrogen (secondary N) is 1. The van der Waals surface area contributed by atoms with E-state index in [1.807, 2.05) is 18.2 Å². The predicted octanol–water partition coefficient (Wildman–Crippen LogP) is 3.10. The molecule has 0 radical (unpaired) electrons. The number of halogens is 1. The molecule has 0 unspecified atom stereocenters. The smallest absolute Gasteiger partial charge is 0.177 e. The third-order valence-electron chi connectivity index (χ3n) is 2.54. The van der Waals surface area contributed by atoms with Crippen molar-refractivity contribution in [2.75, 3.05) is 0 Å². The molecule has 0 bridgehead atoms. The maximum Gasteiger partial charge on any atom is 0.177 e. The van der Waals surface area contributed by atoms with Crippen LogP contribution in [0.2, 0.25) is 0 Å². The van der Waals surface area contributed by atoms with Crippen molar-refractivity contribution in [3.8, 4) is 0 Å². The van der Waals surface area contributed by atoms with Gasteiger partial charge in [-0.15, -0.1) is 0 Å². The highest BCUT2D eigenvalue weighted by Gasteiger charge is 2.05. The molecule has 0 aromatic carbocycles. The number of fused-ring (bicyclic) bond motifs is 1. The van der Waals surface area contributed by atoms with Crippen LogP contribution < -0.4 is 0 Å². The lowest BCUT2D eigenvalue weighted by Gasteiger charge is -1.92. The fraction of sp³-hybridized carbons (Fsp3) is 0.167. The summed E-state index contributed by atoms with van der Waals surface area (Å²) in [5.41, 5.74) is 1.71. The van der Waals surface area contributed by atoms with Gasteiger partial charge < -0.3 is 9.40 Å². The molecule has 0 aliphatic heterocycles. The van der Waals surface area contributed by atoms with Gasteiger partial charge in [0.2, 0.25) is 0 Å². The summed E-state index contributed by atoms with van der Waals surface area (Å²) in [4.78, 5) is 11.9. The molecule has 5 heteroatoms. The Morgan fingerprint density at radius 2 is 2.29 bits per heavy atom. The summed E-state index contributed by atoms with van der Waals surface area (Å²) in [6, 6.07) is 5.84. The molecule has 86 valence electrons. The van der Waals surface area contributed by atoms with Crippen molar-refractivity contribution in [2.24, 2.45) is 0 Å². The molecule has 0 atom stereocenters. The van der Waals surface area contributed by atoms with Gasteiger partial charge in [0.15, 0.2) is 5.65 Å². The van der Waals surface area contributed by atoms with Gasteiger partial charge in [0.25, 0.3) is 0 Å². The van der Waals surface area contributed by atoms with E-state index in [-0.39, 0.29) is 0 Å². The number of nitrogens with zero attached hydrogens (tertiary/aromatic N) is 2. The standard InChI is InChI=1S/C12H10BrN3O/c13-8-6-10-12(14-7-8)16-11(15-10)4-3-9-2-1-5-17-9/h1-2,5-7H,3-4H2,(H,14,15,16). The van der Waals surface area contributed by atoms with Crippen LogP contribution in [-0.4, -0.2) is 15.0 Å². The topological polar surface area (TPSA) is 54.7 Å². The van der Waals surface area contributed by atoms with Gasteiger partial charge in [-0.3, -0.25) is 0 Å². The summed E-state index contributed by atoms with van der Waals surface area (Å²) in [5.74, 6) is 1.90. The molecule has 0 spiro atoms. The number of furan rings is 1. The second-order valence-electron chi connectivity index (χ2n) is 3.79. The number of hydrogen-bond donors (Lipinski definition) is 1. The van der Waals surface area contributed by atoms with Crippen molar-refractivity contribution in [3.63, 3.8) is 0 Å². The van der Waals surface area contributed by atoms with Gasteiger partial charge in [-0.05, 0) is 34.1 Å². The molecular formula is C12H10BrN3O. The molecule has 3 heterocycles. The third-order valence-corrected chi connectivity index (χ3v) is 2.98. The Bertz CT molecular complexity index is 630. The molecule has 0 fully saturated rings. The van der Waals surface area contributed by atoms with Gasteiger partial charge in [-0.1, -0.05) is 0 Å². The first kappa shape index (κ1) is 10.5. The Kier molecular flexibility index (Phi) is 2.68. The minimum atomic E-state index is 0.752. The Hall–Kier alpha value is -1.62. The van der Waals surface area contributed by atoms with Crippen LogP contribution >= 0.6 is 15.9 Å². The maximum atomic E-state index is 5.28. The van der Waals surface area contributed by atoms with Crippen LogP contribution in [0, 0.1) is 0 Å². The number of pyridine rings is 1. The van der Waals surface area contributed by atoms with Gasteiger partial charge in [-0.2, -0.15) is 0 Å². The van der Waals surface area contributed by atoms with Gasteiger partial charge in [0.05, 0.1) is 11.8 Å². The molecule has 0 saturated heterocycles. The fourth-order valence-corrected chi connectivity index (χ4v) is 2.07. The monoisotopic (exact) mass is 291 g/mol. The quantitative estimate of drug-likeness (QED) is 0.807. The molecule has 0 aliphatic carbocycles. The van der Waals surface area contributed by atoms with Crippen LogP contribution in [0.4, 0.5) is 0 Å². The zero-order valence-corrected chi connectivity index (χ0v) is 10.6. The number of aryl methyl sites for hydroxylation is 2. The lowest BCUT2D eigenvalue weighted by Crippen LogP contribution is -1.91. The van der Waals surface area contributed by atoms with E-state index in [0.29, 0.717) is 0 Å². The first-order valence-electron chi connectivity index (χ1n) is 5.34. The molecule has 1 N–H and O–H groups in total. The Balaban J connectivity index is 1.81. The van der Waals surface area contributed by atoms with E-state index in [4.69, 9.17) is 4.42 Å². The van der Waals surface area contributed by atoms with E-state index in [2.05, 4.69) is 30.9 Å². The van der Waals surface area contributed by atoms with Crippen molar-refractivity contribution in [1.29, 1.82) is 0 Å². The number of aromatic amines is 1. The van der Waals surface area contributed by atoms with Gasteiger partial charge in [0, 0.05) is 23.5 Å². The lowest BCUT2D eigenvalue weighted by atomic mass is 10.2. The molecular weight excluding hydrogens is 282 g/mol. The first-order valence-corrected chi connectivity index (χ1v) is 6.13. The van der Waals surface area contributed by atoms with E-state index < -0.39 is 0 Å². The van der Waals surface area contributed by atoms with Gasteiger partial charge in [0.1, 0.15) is 11.6 Å². The van der Waals surface area contributed by atoms with E-state index in [0.717, 1.165) is 40.1 Å². The minimum absolute atomic E-state index is 0.752. The normalized spacial score (nSPS) is 11.1. The minimum Gasteiger partial charge on any atom is -0.469 e. The molecule has 0 aliphatic rings. The molecule has 4 nitrogen and oxygen atoms in total. The third kappa shape index (κ3) is 2.24. The predicted molar refractivity (Wildman–Crippen MR) is 67.7 cm³/mol. The Morgan fingerprint density at radius 1 is 1.35 bits per heavy atom. The van der Waals surface area contributed by atoms with Crippen LogP contribution in [0.5, 0.6) is 0 Å². The van der Waals surface area contributed by atoms with E-state index in [1.54, 1.807) is 12.5 Å². The van der Waals surface area contributed by atoms with Gasteiger partial charge in [-0.25, -0.2) is 9.97 Å². The number of H-pyrrole nitrogens is 1. The highest BCUT2D eigenvalue weighted by Crippen LogP contribution is 2.15. The lowest BCUT2D eigenvalue weighted by molar-refractivity contribution is 0.507. The van der Waals surface area contributed by atoms with Crippen LogP contribution in [0.3, 0.4) is 0 Å². The summed E-state index contributed by atoms with van der Waals surface area (Å²) in [5, 5.41) is 0. The van der Waals surface area contributed by atoms with Crippen LogP contribution in [0.1, 0.15) is 11.6 Å². The average Bonchev–Trinajstić information content (AvgIpc) is 2.94.